The molecule has 1 aliphatic heterocycles. The van der Waals surface area contributed by atoms with E-state index in [4.69, 9.17) is 9.47 Å². The number of methoxy groups -OCH3 is 3. The number of carbonyl (C=O) groups excluding carboxylic acids is 3. The largest absolute Gasteiger partial charge is 0.466 e. The quantitative estimate of drug-likeness (QED) is 0.458. The summed E-state index contributed by atoms with van der Waals surface area (Å²) >= 11 is 0. The van der Waals surface area contributed by atoms with Crippen LogP contribution in [0, 0.1) is 0 Å². The minimum absolute atomic E-state index is 0.0929. The molecule has 1 N–H and O–H groups in total. The Labute approximate surface area is 158 Å². The molecule has 0 saturated carbocycles. The van der Waals surface area contributed by atoms with Crippen molar-refractivity contribution in [3.8, 4) is 0 Å². The molecule has 146 valence electrons. The lowest BCUT2D eigenvalue weighted by atomic mass is 10.1. The number of nitrogens with one attached hydrogen (secondary N) is 1. The van der Waals surface area contributed by atoms with Gasteiger partial charge in [0.2, 0.25) is 0 Å². The van der Waals surface area contributed by atoms with E-state index >= 15 is 0 Å². The van der Waals surface area contributed by atoms with E-state index in [0.29, 0.717) is 11.3 Å². The molecule has 1 aromatic rings. The Hall–Kier alpha value is -3.03. The third kappa shape index (κ3) is 5.22. The van der Waals surface area contributed by atoms with E-state index in [-0.39, 0.29) is 5.70 Å². The fraction of sp³-hybridized carbons (Fsp3) is 0.421. The summed E-state index contributed by atoms with van der Waals surface area (Å²) in [5.74, 6) is -1.93. The van der Waals surface area contributed by atoms with Crippen LogP contribution < -0.4 is 10.2 Å². The van der Waals surface area contributed by atoms with Crippen molar-refractivity contribution in [2.75, 3.05) is 44.6 Å². The lowest BCUT2D eigenvalue weighted by molar-refractivity contribution is -0.138. The van der Waals surface area contributed by atoms with Crippen molar-refractivity contribution in [2.45, 2.75) is 19.3 Å². The lowest BCUT2D eigenvalue weighted by Gasteiger charge is -2.31. The molecule has 2 rings (SSSR count). The maximum atomic E-state index is 12.1. The Kier molecular flexibility index (Phi) is 7.22. The fourth-order valence-corrected chi connectivity index (χ4v) is 2.87. The summed E-state index contributed by atoms with van der Waals surface area (Å²) in [6.07, 6.45) is 4.28. The van der Waals surface area contributed by atoms with E-state index in [1.165, 1.54) is 21.3 Å². The van der Waals surface area contributed by atoms with Gasteiger partial charge < -0.3 is 24.4 Å². The lowest BCUT2D eigenvalue weighted by Crippen LogP contribution is -2.30. The summed E-state index contributed by atoms with van der Waals surface area (Å²) in [4.78, 5) is 37.8. The molecular weight excluding hydrogens is 352 g/mol. The van der Waals surface area contributed by atoms with Gasteiger partial charge in [-0.1, -0.05) is 0 Å². The molecule has 1 saturated heterocycles. The number of piperidine rings is 1. The van der Waals surface area contributed by atoms with Gasteiger partial charge in [0.15, 0.2) is 0 Å². The van der Waals surface area contributed by atoms with Gasteiger partial charge in [0.25, 0.3) is 0 Å². The maximum Gasteiger partial charge on any atom is 0.354 e. The van der Waals surface area contributed by atoms with Gasteiger partial charge in [-0.2, -0.15) is 0 Å². The summed E-state index contributed by atoms with van der Waals surface area (Å²) in [5, 5.41) is 2.92. The molecule has 0 radical (unpaired) electrons. The number of benzene rings is 1. The second-order valence-electron chi connectivity index (χ2n) is 5.97. The highest BCUT2D eigenvalue weighted by Crippen LogP contribution is 2.31. The summed E-state index contributed by atoms with van der Waals surface area (Å²) in [6.45, 7) is 1.72. The molecule has 0 spiro atoms. The van der Waals surface area contributed by atoms with Gasteiger partial charge >= 0.3 is 17.9 Å². The van der Waals surface area contributed by atoms with Crippen molar-refractivity contribution in [3.05, 3.63) is 35.5 Å². The zero-order valence-corrected chi connectivity index (χ0v) is 15.7. The van der Waals surface area contributed by atoms with Gasteiger partial charge in [-0.05, 0) is 37.5 Å². The molecule has 0 atom stereocenters. The van der Waals surface area contributed by atoms with Crippen LogP contribution in [0.1, 0.15) is 29.6 Å². The van der Waals surface area contributed by atoms with Crippen molar-refractivity contribution in [1.82, 2.24) is 0 Å². The van der Waals surface area contributed by atoms with E-state index in [9.17, 15) is 14.4 Å². The van der Waals surface area contributed by atoms with Crippen LogP contribution in [0.15, 0.2) is 30.0 Å². The van der Waals surface area contributed by atoms with Crippen molar-refractivity contribution < 1.29 is 28.6 Å². The van der Waals surface area contributed by atoms with Crippen LogP contribution >= 0.6 is 0 Å². The summed E-state index contributed by atoms with van der Waals surface area (Å²) in [5.41, 5.74) is 1.55. The molecule has 0 aromatic heterocycles. The van der Waals surface area contributed by atoms with Crippen molar-refractivity contribution in [1.29, 1.82) is 0 Å². The van der Waals surface area contributed by atoms with Crippen molar-refractivity contribution in [2.24, 2.45) is 0 Å². The first kappa shape index (κ1) is 20.3. The first-order valence-electron chi connectivity index (χ1n) is 8.62. The Morgan fingerprint density at radius 3 is 2.30 bits per heavy atom. The van der Waals surface area contributed by atoms with Crippen LogP contribution in [0.25, 0.3) is 0 Å². The molecule has 0 aliphatic carbocycles. The summed E-state index contributed by atoms with van der Waals surface area (Å²) < 4.78 is 14.1. The normalized spacial score (nSPS) is 14.3. The Balaban J connectivity index is 2.45. The first-order valence-corrected chi connectivity index (χ1v) is 8.62. The number of esters is 3. The van der Waals surface area contributed by atoms with Crippen LogP contribution in [-0.2, 0) is 23.8 Å². The maximum absolute atomic E-state index is 12.1. The van der Waals surface area contributed by atoms with E-state index in [1.54, 1.807) is 18.2 Å². The van der Waals surface area contributed by atoms with Gasteiger partial charge in [-0.15, -0.1) is 0 Å². The third-order valence-corrected chi connectivity index (χ3v) is 4.25. The highest BCUT2D eigenvalue weighted by atomic mass is 16.5. The number of hydrogen-bond donors (Lipinski definition) is 1. The van der Waals surface area contributed by atoms with Gasteiger partial charge in [-0.3, -0.25) is 0 Å². The predicted molar refractivity (Wildman–Crippen MR) is 99.6 cm³/mol. The second kappa shape index (κ2) is 9.61. The minimum Gasteiger partial charge on any atom is -0.466 e. The van der Waals surface area contributed by atoms with E-state index in [0.717, 1.165) is 44.1 Å². The molecule has 1 aliphatic rings. The van der Waals surface area contributed by atoms with Crippen LogP contribution in [0.4, 0.5) is 11.4 Å². The summed E-state index contributed by atoms with van der Waals surface area (Å²) in [6, 6.07) is 5.06. The summed E-state index contributed by atoms with van der Waals surface area (Å²) in [7, 11) is 3.72. The highest BCUT2D eigenvalue weighted by Gasteiger charge is 2.20. The van der Waals surface area contributed by atoms with Crippen LogP contribution in [0.3, 0.4) is 0 Å². The smallest absolute Gasteiger partial charge is 0.354 e. The monoisotopic (exact) mass is 376 g/mol. The Bertz CT molecular complexity index is 738. The van der Waals surface area contributed by atoms with Crippen LogP contribution in [0.5, 0.6) is 0 Å². The van der Waals surface area contributed by atoms with E-state index in [1.807, 2.05) is 0 Å². The van der Waals surface area contributed by atoms with Gasteiger partial charge in [-0.25, -0.2) is 14.4 Å². The predicted octanol–water partition coefficient (Wildman–Crippen LogP) is 2.11. The van der Waals surface area contributed by atoms with Crippen molar-refractivity contribution in [3.63, 3.8) is 0 Å². The zero-order valence-electron chi connectivity index (χ0n) is 15.7. The molecule has 1 fully saturated rings. The van der Waals surface area contributed by atoms with Crippen LogP contribution in [-0.4, -0.2) is 52.3 Å². The average molecular weight is 376 g/mol. The zero-order chi connectivity index (χ0) is 19.8. The molecule has 8 nitrogen and oxygen atoms in total. The number of ether oxygens (including phenoxy) is 3. The number of hydrogen-bond acceptors (Lipinski definition) is 8. The van der Waals surface area contributed by atoms with Gasteiger partial charge in [0.1, 0.15) is 5.70 Å². The molecule has 0 unspecified atom stereocenters. The molecule has 8 heteroatoms. The minimum atomic E-state index is -0.728. The number of nitrogens with zero attached hydrogens (tertiary/aromatic N) is 1. The molecular formula is C19H24N2O6. The average Bonchev–Trinajstić information content (AvgIpc) is 2.72. The topological polar surface area (TPSA) is 94.2 Å². The molecule has 0 amide bonds. The highest BCUT2D eigenvalue weighted by molar-refractivity contribution is 6.00. The van der Waals surface area contributed by atoms with Gasteiger partial charge in [0.05, 0.1) is 44.3 Å². The van der Waals surface area contributed by atoms with Crippen LogP contribution in [0.2, 0.25) is 0 Å². The molecule has 27 heavy (non-hydrogen) atoms. The first-order chi connectivity index (χ1) is 13.0. The van der Waals surface area contributed by atoms with E-state index in [2.05, 4.69) is 15.0 Å². The number of rotatable bonds is 6. The fourth-order valence-electron chi connectivity index (χ4n) is 2.87. The Morgan fingerprint density at radius 2 is 1.70 bits per heavy atom. The number of anilines is 2. The van der Waals surface area contributed by atoms with Crippen molar-refractivity contribution >= 4 is 29.3 Å². The number of carbonyl (C=O) groups is 3. The molecule has 0 bridgehead atoms. The molecule has 1 heterocycles. The second-order valence-corrected chi connectivity index (χ2v) is 5.97. The Morgan fingerprint density at radius 1 is 1.00 bits per heavy atom. The van der Waals surface area contributed by atoms with Gasteiger partial charge in [0, 0.05) is 13.1 Å². The third-order valence-electron chi connectivity index (χ3n) is 4.25. The SMILES string of the molecule is COC(=O)/C=C(/Nc1cc(C(=O)OC)ccc1N1CCCCC1)C(=O)OC. The standard InChI is InChI=1S/C19H24N2O6/c1-25-17(22)12-15(19(24)27-3)20-14-11-13(18(23)26-2)7-8-16(14)21-9-5-4-6-10-21/h7-8,11-12,20H,4-6,9-10H2,1-3H3/b15-12+. The molecule has 1 aromatic carbocycles. The van der Waals surface area contributed by atoms with E-state index < -0.39 is 17.9 Å².